The maximum atomic E-state index is 14.2. The number of ether oxygens (including phenoxy) is 1. The second-order valence-electron chi connectivity index (χ2n) is 17.0. The summed E-state index contributed by atoms with van der Waals surface area (Å²) in [4.78, 5) is 57.1. The van der Waals surface area contributed by atoms with E-state index < -0.39 is 32.4 Å². The highest BCUT2D eigenvalue weighted by Gasteiger charge is 2.51. The van der Waals surface area contributed by atoms with Gasteiger partial charge < -0.3 is 54.8 Å². The zero-order valence-electron chi connectivity index (χ0n) is 38.5. The first-order chi connectivity index (χ1) is 32.3. The maximum Gasteiger partial charge on any atom is 0.268 e. The number of phosphoric ester groups is 1. The Kier molecular flexibility index (Phi) is 14.5. The molecule has 0 spiro atoms. The second-order valence-corrected chi connectivity index (χ2v) is 18.4. The molecule has 4 aliphatic rings. The quantitative estimate of drug-likeness (QED) is 0.0408. The monoisotopic (exact) mass is 938 g/mol. The maximum absolute atomic E-state index is 14.2. The zero-order chi connectivity index (χ0) is 47.4. The van der Waals surface area contributed by atoms with Crippen molar-refractivity contribution in [2.24, 2.45) is 0 Å². The zero-order valence-corrected chi connectivity index (χ0v) is 39.4. The Labute approximate surface area is 388 Å². The topological polar surface area (TPSA) is 258 Å². The van der Waals surface area contributed by atoms with Gasteiger partial charge in [0.2, 0.25) is 17.2 Å². The number of nitrogen functional groups attached to an aromatic ring is 1. The Bertz CT molecular complexity index is 2870. The van der Waals surface area contributed by atoms with Gasteiger partial charge in [0.15, 0.2) is 23.2 Å². The van der Waals surface area contributed by atoms with Gasteiger partial charge in [-0.15, -0.1) is 0 Å². The van der Waals surface area contributed by atoms with Crippen LogP contribution < -0.4 is 36.9 Å². The molecule has 4 aromatic rings. The minimum atomic E-state index is -4.57. The molecule has 5 heterocycles. The highest BCUT2D eigenvalue weighted by atomic mass is 31.2. The molecule has 1 unspecified atom stereocenters. The van der Waals surface area contributed by atoms with Crippen molar-refractivity contribution in [3.63, 3.8) is 0 Å². The lowest BCUT2D eigenvalue weighted by molar-refractivity contribution is -0.496. The van der Waals surface area contributed by atoms with Crippen LogP contribution in [0.15, 0.2) is 59.3 Å². The number of carbonyl (C=O) groups excluding carboxylic acids is 2. The van der Waals surface area contributed by atoms with E-state index in [1.807, 2.05) is 36.4 Å². The van der Waals surface area contributed by atoms with E-state index in [0.29, 0.717) is 48.7 Å². The summed E-state index contributed by atoms with van der Waals surface area (Å²) in [6.45, 7) is 11.0. The molecule has 0 radical (unpaired) electrons. The van der Waals surface area contributed by atoms with Gasteiger partial charge in [-0.05, 0) is 76.3 Å². The number of aliphatic hydroxyl groups is 1. The fourth-order valence-electron chi connectivity index (χ4n) is 8.88. The number of aromatic nitrogens is 4. The van der Waals surface area contributed by atoms with Crippen molar-refractivity contribution in [2.45, 2.75) is 90.8 Å². The SMILES string of the molecule is CCNc1cc2oc3cc(=[NH+]CC)c(C)cc-3c(-c3ccccc3C(=O)N(C)CCCC(=O)NCCCCCCNc3nc4c(N)ncnc4n3[C@@H]3O[C@@H]4COP(=O)([O-])O[C@H]4[C@H]3O)c2cc1C. The number of anilines is 3. The van der Waals surface area contributed by atoms with E-state index in [-0.39, 0.29) is 30.7 Å². The third-order valence-corrected chi connectivity index (χ3v) is 13.2. The number of imidazole rings is 1. The average molecular weight is 939 g/mol. The summed E-state index contributed by atoms with van der Waals surface area (Å²) in [6, 6.07) is 16.0. The van der Waals surface area contributed by atoms with Crippen LogP contribution in [0.2, 0.25) is 0 Å². The molecule has 2 fully saturated rings. The number of amides is 2. The fourth-order valence-corrected chi connectivity index (χ4v) is 9.83. The van der Waals surface area contributed by atoms with Gasteiger partial charge in [0.05, 0.1) is 12.7 Å². The molecule has 67 heavy (non-hydrogen) atoms. The Hall–Kier alpha value is -5.95. The van der Waals surface area contributed by atoms with Crippen LogP contribution in [0.25, 0.3) is 44.6 Å². The largest absolute Gasteiger partial charge is 0.756 e. The predicted octanol–water partition coefficient (Wildman–Crippen LogP) is 3.76. The van der Waals surface area contributed by atoms with Gasteiger partial charge in [0.25, 0.3) is 13.7 Å². The minimum absolute atomic E-state index is 0.0686. The standard InChI is InChI=1S/C47H59N10O9P/c1-6-49-33-23-35-31(21-27(33)3)39(32-22-28(4)34(50-7-2)24-36(32)64-35)29-15-10-11-16-30(29)45(60)56(5)20-14-17-38(58)51-18-12-8-9-13-19-52-47-55-40-43(48)53-26-54-44(40)57(47)46-41(59)42-37(65-46)25-63-67(61,62)66-42/h10-11,15-16,21-24,26,37,41-42,46,49,59H,6-9,12-14,17-20,25H2,1-5H3,(H,51,58)(H,52,55)(H,61,62)(H2,48,53,54)/t37-,41-,42-,46-/m1/s1. The average Bonchev–Trinajstić information content (AvgIpc) is 3.83. The summed E-state index contributed by atoms with van der Waals surface area (Å²) in [5.41, 5.74) is 13.8. The molecule has 2 amide bonds. The number of nitrogens with zero attached hydrogens (tertiary/aromatic N) is 5. The van der Waals surface area contributed by atoms with E-state index in [2.05, 4.69) is 75.7 Å². The number of aliphatic hydroxyl groups excluding tert-OH is 1. The Morgan fingerprint density at radius 3 is 2.60 bits per heavy atom. The smallest absolute Gasteiger partial charge is 0.268 e. The molecule has 8 rings (SSSR count). The van der Waals surface area contributed by atoms with E-state index in [1.165, 1.54) is 10.9 Å². The van der Waals surface area contributed by atoms with Gasteiger partial charge in [-0.1, -0.05) is 31.0 Å². The number of nitrogens with one attached hydrogen (secondary N) is 4. The van der Waals surface area contributed by atoms with Crippen molar-refractivity contribution >= 4 is 59.2 Å². The molecule has 2 saturated heterocycles. The third-order valence-electron chi connectivity index (χ3n) is 12.2. The van der Waals surface area contributed by atoms with Crippen molar-refractivity contribution < 1.29 is 47.3 Å². The number of unbranched alkanes of at least 4 members (excludes halogenated alkanes) is 3. The van der Waals surface area contributed by atoms with Crippen LogP contribution in [-0.2, 0) is 23.1 Å². The summed E-state index contributed by atoms with van der Waals surface area (Å²) in [6.07, 6.45) is 0.885. The van der Waals surface area contributed by atoms with Gasteiger partial charge in [0, 0.05) is 79.0 Å². The Morgan fingerprint density at radius 2 is 1.81 bits per heavy atom. The molecule has 0 bridgehead atoms. The first-order valence-electron chi connectivity index (χ1n) is 22.9. The van der Waals surface area contributed by atoms with Crippen LogP contribution in [0.4, 0.5) is 17.5 Å². The van der Waals surface area contributed by atoms with Crippen molar-refractivity contribution in [3.05, 3.63) is 76.9 Å². The number of benzene rings is 3. The second kappa shape index (κ2) is 20.5. The molecule has 2 aromatic carbocycles. The lowest BCUT2D eigenvalue weighted by Gasteiger charge is -2.34. The molecule has 2 aromatic heterocycles. The molecule has 5 atom stereocenters. The van der Waals surface area contributed by atoms with E-state index >= 15 is 0 Å². The van der Waals surface area contributed by atoms with Crippen molar-refractivity contribution in [3.8, 4) is 22.5 Å². The predicted molar refractivity (Wildman–Crippen MR) is 251 cm³/mol. The molecule has 20 heteroatoms. The number of fused-ring (bicyclic) bond motifs is 4. The van der Waals surface area contributed by atoms with Gasteiger partial charge >= 0.3 is 0 Å². The molecule has 1 aliphatic carbocycles. The van der Waals surface area contributed by atoms with Gasteiger partial charge in [-0.3, -0.25) is 18.7 Å². The number of hydrogen-bond donors (Lipinski definition) is 6. The molecule has 7 N–H and O–H groups in total. The Balaban J connectivity index is 0.828. The Morgan fingerprint density at radius 1 is 1.01 bits per heavy atom. The lowest BCUT2D eigenvalue weighted by atomic mass is 9.89. The number of carbonyl (C=O) groups is 2. The number of rotatable bonds is 18. The molecule has 19 nitrogen and oxygen atoms in total. The highest BCUT2D eigenvalue weighted by Crippen LogP contribution is 2.50. The summed E-state index contributed by atoms with van der Waals surface area (Å²) < 4.78 is 35.8. The molecule has 356 valence electrons. The highest BCUT2D eigenvalue weighted by molar-refractivity contribution is 7.45. The first-order valence-corrected chi connectivity index (χ1v) is 24.4. The van der Waals surface area contributed by atoms with Crippen LogP contribution >= 0.6 is 7.82 Å². The van der Waals surface area contributed by atoms with E-state index in [1.54, 1.807) is 11.9 Å². The lowest BCUT2D eigenvalue weighted by Crippen LogP contribution is -2.76. The summed E-state index contributed by atoms with van der Waals surface area (Å²) in [5, 5.41) is 22.7. The van der Waals surface area contributed by atoms with Crippen LogP contribution in [0.1, 0.15) is 80.1 Å². The van der Waals surface area contributed by atoms with Crippen molar-refractivity contribution in [1.29, 1.82) is 0 Å². The van der Waals surface area contributed by atoms with Crippen LogP contribution in [0.3, 0.4) is 0 Å². The van der Waals surface area contributed by atoms with Crippen molar-refractivity contribution in [1.82, 2.24) is 29.7 Å². The van der Waals surface area contributed by atoms with E-state index in [9.17, 15) is 24.2 Å². The summed E-state index contributed by atoms with van der Waals surface area (Å²) >= 11 is 0. The third kappa shape index (κ3) is 10.2. The summed E-state index contributed by atoms with van der Waals surface area (Å²) in [5.74, 6) is 0.973. The summed E-state index contributed by atoms with van der Waals surface area (Å²) in [7, 11) is -2.80. The van der Waals surface area contributed by atoms with Gasteiger partial charge in [-0.25, -0.2) is 19.9 Å². The molecular formula is C47H59N10O9P. The van der Waals surface area contributed by atoms with Gasteiger partial charge in [-0.2, -0.15) is 0 Å². The molecule has 0 saturated carbocycles. The van der Waals surface area contributed by atoms with Crippen LogP contribution in [-0.4, -0.2) is 106 Å². The molecule has 3 aliphatic heterocycles. The van der Waals surface area contributed by atoms with E-state index in [0.717, 1.165) is 94.4 Å². The normalized spacial score (nSPS) is 20.7. The first kappa shape index (κ1) is 47.5. The fraction of sp³-hybridized carbons (Fsp3) is 0.447. The molecular weight excluding hydrogens is 880 g/mol. The van der Waals surface area contributed by atoms with Crippen LogP contribution in [0.5, 0.6) is 0 Å². The van der Waals surface area contributed by atoms with E-state index in [4.69, 9.17) is 23.9 Å². The van der Waals surface area contributed by atoms with Crippen molar-refractivity contribution in [2.75, 3.05) is 62.7 Å². The number of aryl methyl sites for hydroxylation is 2. The number of nitrogens with two attached hydrogens (primary N) is 1. The number of hydrogen-bond acceptors (Lipinski definition) is 15. The number of phosphoric acid groups is 1. The van der Waals surface area contributed by atoms with Crippen LogP contribution in [0, 0.1) is 13.8 Å². The minimum Gasteiger partial charge on any atom is -0.756 e. The van der Waals surface area contributed by atoms with Gasteiger partial charge in [0.1, 0.15) is 42.5 Å².